The molecule has 0 saturated carbocycles. The van der Waals surface area contributed by atoms with Crippen molar-refractivity contribution in [3.8, 4) is 17.1 Å². The van der Waals surface area contributed by atoms with E-state index in [4.69, 9.17) is 14.7 Å². The van der Waals surface area contributed by atoms with Gasteiger partial charge in [0.25, 0.3) is 0 Å². The van der Waals surface area contributed by atoms with Crippen LogP contribution in [0.1, 0.15) is 13.3 Å². The van der Waals surface area contributed by atoms with Crippen molar-refractivity contribution in [2.24, 2.45) is 0 Å². The number of benzene rings is 2. The molecular formula is C22H26N4O. The highest BCUT2D eigenvalue weighted by Gasteiger charge is 2.19. The number of fused-ring (bicyclic) bond motifs is 1. The van der Waals surface area contributed by atoms with E-state index in [0.29, 0.717) is 0 Å². The van der Waals surface area contributed by atoms with E-state index in [1.165, 1.54) is 0 Å². The smallest absolute Gasteiger partial charge is 0.162 e. The van der Waals surface area contributed by atoms with Crippen LogP contribution in [0.25, 0.3) is 22.3 Å². The largest absolute Gasteiger partial charge is 0.494 e. The van der Waals surface area contributed by atoms with Crippen LogP contribution in [0.5, 0.6) is 5.75 Å². The molecule has 140 valence electrons. The fourth-order valence-corrected chi connectivity index (χ4v) is 3.37. The van der Waals surface area contributed by atoms with Gasteiger partial charge in [0.15, 0.2) is 5.82 Å². The molecule has 0 amide bonds. The number of hydrogen-bond donors (Lipinski definition) is 0. The van der Waals surface area contributed by atoms with E-state index in [0.717, 1.165) is 73.1 Å². The van der Waals surface area contributed by atoms with Crippen LogP contribution >= 0.6 is 0 Å². The number of piperazine rings is 1. The summed E-state index contributed by atoms with van der Waals surface area (Å²) in [6.45, 7) is 6.92. The van der Waals surface area contributed by atoms with Gasteiger partial charge in [-0.05, 0) is 49.9 Å². The van der Waals surface area contributed by atoms with E-state index in [2.05, 4.69) is 42.0 Å². The minimum absolute atomic E-state index is 0.735. The monoisotopic (exact) mass is 362 g/mol. The van der Waals surface area contributed by atoms with Crippen LogP contribution in [0, 0.1) is 0 Å². The van der Waals surface area contributed by atoms with Gasteiger partial charge < -0.3 is 14.5 Å². The Morgan fingerprint density at radius 1 is 0.926 bits per heavy atom. The molecule has 0 bridgehead atoms. The lowest BCUT2D eigenvalue weighted by Gasteiger charge is -2.33. The summed E-state index contributed by atoms with van der Waals surface area (Å²) in [5.74, 6) is 2.69. The van der Waals surface area contributed by atoms with Crippen molar-refractivity contribution < 1.29 is 4.74 Å². The van der Waals surface area contributed by atoms with Crippen molar-refractivity contribution in [1.82, 2.24) is 14.9 Å². The van der Waals surface area contributed by atoms with Gasteiger partial charge in [-0.25, -0.2) is 9.97 Å². The van der Waals surface area contributed by atoms with E-state index in [1.807, 2.05) is 30.3 Å². The maximum atomic E-state index is 5.69. The summed E-state index contributed by atoms with van der Waals surface area (Å²) in [6, 6.07) is 16.4. The Balaban J connectivity index is 1.71. The maximum Gasteiger partial charge on any atom is 0.162 e. The molecule has 0 spiro atoms. The Labute approximate surface area is 160 Å². The summed E-state index contributed by atoms with van der Waals surface area (Å²) in [7, 11) is 2.17. The summed E-state index contributed by atoms with van der Waals surface area (Å²) < 4.78 is 5.69. The van der Waals surface area contributed by atoms with Gasteiger partial charge in [0, 0.05) is 37.1 Å². The maximum absolute atomic E-state index is 5.69. The van der Waals surface area contributed by atoms with Gasteiger partial charge >= 0.3 is 0 Å². The van der Waals surface area contributed by atoms with E-state index >= 15 is 0 Å². The number of rotatable bonds is 5. The van der Waals surface area contributed by atoms with E-state index in [1.54, 1.807) is 0 Å². The molecule has 0 aliphatic carbocycles. The molecule has 1 aromatic heterocycles. The average molecular weight is 362 g/mol. The highest BCUT2D eigenvalue weighted by molar-refractivity contribution is 5.91. The number of hydrogen-bond acceptors (Lipinski definition) is 5. The lowest BCUT2D eigenvalue weighted by molar-refractivity contribution is 0.312. The van der Waals surface area contributed by atoms with E-state index in [-0.39, 0.29) is 0 Å². The molecule has 1 saturated heterocycles. The van der Waals surface area contributed by atoms with Crippen LogP contribution in [-0.4, -0.2) is 54.7 Å². The van der Waals surface area contributed by atoms with Gasteiger partial charge in [-0.15, -0.1) is 0 Å². The normalized spacial score (nSPS) is 15.3. The fourth-order valence-electron chi connectivity index (χ4n) is 3.37. The summed E-state index contributed by atoms with van der Waals surface area (Å²) in [5, 5.41) is 1.12. The molecule has 0 radical (unpaired) electrons. The standard InChI is InChI=1S/C22H26N4O/c1-3-16-27-18-10-8-17(9-11-18)21-23-20-7-5-4-6-19(20)22(24-21)26-14-12-25(2)13-15-26/h4-11H,3,12-16H2,1-2H3. The van der Waals surface area contributed by atoms with E-state index < -0.39 is 0 Å². The van der Waals surface area contributed by atoms with Crippen LogP contribution < -0.4 is 9.64 Å². The molecule has 0 unspecified atom stereocenters. The van der Waals surface area contributed by atoms with Crippen LogP contribution in [0.4, 0.5) is 5.82 Å². The van der Waals surface area contributed by atoms with Crippen molar-refractivity contribution in [2.75, 3.05) is 44.7 Å². The predicted molar refractivity (Wildman–Crippen MR) is 110 cm³/mol. The highest BCUT2D eigenvalue weighted by Crippen LogP contribution is 2.29. The molecule has 1 fully saturated rings. The molecule has 1 aliphatic heterocycles. The third kappa shape index (κ3) is 3.88. The van der Waals surface area contributed by atoms with Gasteiger partial charge in [0.2, 0.25) is 0 Å². The van der Waals surface area contributed by atoms with E-state index in [9.17, 15) is 0 Å². The summed E-state index contributed by atoms with van der Waals surface area (Å²) in [4.78, 5) is 14.5. The second kappa shape index (κ2) is 7.92. The van der Waals surface area contributed by atoms with Gasteiger partial charge in [-0.1, -0.05) is 19.1 Å². The molecule has 5 heteroatoms. The fraction of sp³-hybridized carbons (Fsp3) is 0.364. The predicted octanol–water partition coefficient (Wildman–Crippen LogP) is 3.84. The van der Waals surface area contributed by atoms with Gasteiger partial charge in [-0.2, -0.15) is 0 Å². The third-order valence-electron chi connectivity index (χ3n) is 4.97. The molecule has 3 aromatic rings. The van der Waals surface area contributed by atoms with Crippen molar-refractivity contribution in [3.63, 3.8) is 0 Å². The molecule has 2 aromatic carbocycles. The number of anilines is 1. The Morgan fingerprint density at radius 2 is 1.67 bits per heavy atom. The first-order chi connectivity index (χ1) is 13.2. The summed E-state index contributed by atoms with van der Waals surface area (Å²) >= 11 is 0. The second-order valence-electron chi connectivity index (χ2n) is 7.05. The Morgan fingerprint density at radius 3 is 2.41 bits per heavy atom. The van der Waals surface area contributed by atoms with Crippen molar-refractivity contribution in [3.05, 3.63) is 48.5 Å². The zero-order valence-electron chi connectivity index (χ0n) is 16.1. The Hall–Kier alpha value is -2.66. The minimum Gasteiger partial charge on any atom is -0.494 e. The Kier molecular flexibility index (Phi) is 5.21. The third-order valence-corrected chi connectivity index (χ3v) is 4.97. The molecule has 5 nitrogen and oxygen atoms in total. The van der Waals surface area contributed by atoms with Crippen LogP contribution in [0.3, 0.4) is 0 Å². The van der Waals surface area contributed by atoms with Gasteiger partial charge in [-0.3, -0.25) is 0 Å². The molecule has 1 aliphatic rings. The second-order valence-corrected chi connectivity index (χ2v) is 7.05. The quantitative estimate of drug-likeness (QED) is 0.690. The molecule has 4 rings (SSSR count). The van der Waals surface area contributed by atoms with Crippen molar-refractivity contribution >= 4 is 16.7 Å². The van der Waals surface area contributed by atoms with Crippen molar-refractivity contribution in [1.29, 1.82) is 0 Å². The first kappa shape index (κ1) is 17.7. The lowest BCUT2D eigenvalue weighted by Crippen LogP contribution is -2.45. The van der Waals surface area contributed by atoms with Crippen LogP contribution in [0.2, 0.25) is 0 Å². The highest BCUT2D eigenvalue weighted by atomic mass is 16.5. The number of para-hydroxylation sites is 1. The average Bonchev–Trinajstić information content (AvgIpc) is 2.72. The summed E-state index contributed by atoms with van der Waals surface area (Å²) in [5.41, 5.74) is 2.00. The summed E-state index contributed by atoms with van der Waals surface area (Å²) in [6.07, 6.45) is 1.00. The Bertz CT molecular complexity index is 902. The van der Waals surface area contributed by atoms with Gasteiger partial charge in [0.1, 0.15) is 11.6 Å². The number of nitrogens with zero attached hydrogens (tertiary/aromatic N) is 4. The SMILES string of the molecule is CCCOc1ccc(-c2nc(N3CCN(C)CC3)c3ccccc3n2)cc1. The number of ether oxygens (including phenoxy) is 1. The van der Waals surface area contributed by atoms with Gasteiger partial charge in [0.05, 0.1) is 12.1 Å². The first-order valence-corrected chi connectivity index (χ1v) is 9.68. The van der Waals surface area contributed by atoms with Crippen molar-refractivity contribution in [2.45, 2.75) is 13.3 Å². The topological polar surface area (TPSA) is 41.5 Å². The number of aromatic nitrogens is 2. The molecule has 2 heterocycles. The molecular weight excluding hydrogens is 336 g/mol. The number of likely N-dealkylation sites (N-methyl/N-ethyl adjacent to an activating group) is 1. The zero-order chi connectivity index (χ0) is 18.6. The first-order valence-electron chi connectivity index (χ1n) is 9.68. The molecule has 27 heavy (non-hydrogen) atoms. The van der Waals surface area contributed by atoms with Crippen LogP contribution in [-0.2, 0) is 0 Å². The molecule has 0 atom stereocenters. The zero-order valence-corrected chi connectivity index (χ0v) is 16.1. The minimum atomic E-state index is 0.735. The molecule has 0 N–H and O–H groups in total. The lowest BCUT2D eigenvalue weighted by atomic mass is 10.1. The van der Waals surface area contributed by atoms with Crippen LogP contribution in [0.15, 0.2) is 48.5 Å².